The molecule has 7 heteroatoms. The Morgan fingerprint density at radius 2 is 1.96 bits per heavy atom. The molecule has 0 aliphatic carbocycles. The van der Waals surface area contributed by atoms with E-state index < -0.39 is 0 Å². The third kappa shape index (κ3) is 3.66. The number of benzene rings is 2. The summed E-state index contributed by atoms with van der Waals surface area (Å²) in [6.07, 6.45) is 1.70. The smallest absolute Gasteiger partial charge is 0.247 e. The molecule has 0 atom stereocenters. The number of amides is 1. The molecule has 0 aliphatic heterocycles. The minimum absolute atomic E-state index is 0.147. The van der Waals surface area contributed by atoms with Crippen LogP contribution in [0.25, 0.3) is 11.0 Å². The maximum absolute atomic E-state index is 12.1. The monoisotopic (exact) mass is 352 g/mol. The largest absolute Gasteiger partial charge is 0.493 e. The molecule has 1 amide bonds. The number of methoxy groups -OCH3 is 2. The number of carbonyl (C=O) groups excluding carboxylic acids is 1. The second-order valence-electron chi connectivity index (χ2n) is 5.66. The van der Waals surface area contributed by atoms with E-state index >= 15 is 0 Å². The van der Waals surface area contributed by atoms with Crippen LogP contribution in [0.3, 0.4) is 0 Å². The van der Waals surface area contributed by atoms with Gasteiger partial charge >= 0.3 is 0 Å². The molecule has 0 saturated carbocycles. The Bertz CT molecular complexity index is 963. The van der Waals surface area contributed by atoms with Crippen LogP contribution in [0, 0.1) is 0 Å². The van der Waals surface area contributed by atoms with Crippen molar-refractivity contribution in [2.24, 2.45) is 12.1 Å². The minimum Gasteiger partial charge on any atom is -0.493 e. The molecule has 7 nitrogen and oxygen atoms in total. The topological polar surface area (TPSA) is 77.7 Å². The Balaban J connectivity index is 1.65. The lowest BCUT2D eigenvalue weighted by molar-refractivity contribution is -0.120. The fraction of sp³-hybridized carbons (Fsp3) is 0.211. The van der Waals surface area contributed by atoms with Crippen LogP contribution in [0.15, 0.2) is 47.6 Å². The van der Waals surface area contributed by atoms with Gasteiger partial charge in [0, 0.05) is 7.05 Å². The number of carbonyl (C=O) groups is 1. The fourth-order valence-electron chi connectivity index (χ4n) is 2.65. The van der Waals surface area contributed by atoms with Gasteiger partial charge in [-0.05, 0) is 35.9 Å². The van der Waals surface area contributed by atoms with Crippen LogP contribution in [-0.4, -0.2) is 35.9 Å². The summed E-state index contributed by atoms with van der Waals surface area (Å²) in [5.41, 5.74) is 5.16. The number of ether oxygens (including phenoxy) is 2. The molecule has 3 rings (SSSR count). The highest BCUT2D eigenvalue weighted by atomic mass is 16.5. The molecule has 0 fully saturated rings. The Hall–Kier alpha value is -3.35. The second-order valence-corrected chi connectivity index (χ2v) is 5.66. The van der Waals surface area contributed by atoms with Crippen molar-refractivity contribution < 1.29 is 14.3 Å². The average molecular weight is 352 g/mol. The molecular formula is C19H20N4O3. The van der Waals surface area contributed by atoms with Crippen molar-refractivity contribution in [3.8, 4) is 11.5 Å². The lowest BCUT2D eigenvalue weighted by Crippen LogP contribution is -2.21. The molecule has 0 spiro atoms. The van der Waals surface area contributed by atoms with Gasteiger partial charge < -0.3 is 14.0 Å². The summed E-state index contributed by atoms with van der Waals surface area (Å²) in [5, 5.41) is 3.99. The van der Waals surface area contributed by atoms with E-state index in [0.717, 1.165) is 16.6 Å². The first kappa shape index (κ1) is 17.5. The van der Waals surface area contributed by atoms with Gasteiger partial charge in [-0.15, -0.1) is 0 Å². The second kappa shape index (κ2) is 7.69. The van der Waals surface area contributed by atoms with Crippen LogP contribution in [0.4, 0.5) is 0 Å². The van der Waals surface area contributed by atoms with E-state index in [1.807, 2.05) is 41.9 Å². The first-order chi connectivity index (χ1) is 12.6. The standard InChI is InChI=1S/C19H20N4O3/c1-23-15-7-5-4-6-14(15)21-18(23)11-19(24)22-20-12-13-8-9-16(25-2)17(10-13)26-3/h4-10,12H,11H2,1-3H3,(H,22,24)/b20-12+. The summed E-state index contributed by atoms with van der Waals surface area (Å²) in [4.78, 5) is 16.6. The van der Waals surface area contributed by atoms with Gasteiger partial charge in [0.15, 0.2) is 11.5 Å². The van der Waals surface area contributed by atoms with Gasteiger partial charge in [0.2, 0.25) is 5.91 Å². The van der Waals surface area contributed by atoms with Gasteiger partial charge in [-0.3, -0.25) is 4.79 Å². The van der Waals surface area contributed by atoms with Crippen molar-refractivity contribution in [1.29, 1.82) is 0 Å². The summed E-state index contributed by atoms with van der Waals surface area (Å²) in [6.45, 7) is 0. The Morgan fingerprint density at radius 3 is 2.69 bits per heavy atom. The van der Waals surface area contributed by atoms with E-state index in [-0.39, 0.29) is 12.3 Å². The molecule has 1 aromatic heterocycles. The molecule has 0 aliphatic rings. The number of aromatic nitrogens is 2. The Morgan fingerprint density at radius 1 is 1.19 bits per heavy atom. The zero-order chi connectivity index (χ0) is 18.5. The van der Waals surface area contributed by atoms with E-state index in [2.05, 4.69) is 15.5 Å². The first-order valence-corrected chi connectivity index (χ1v) is 8.06. The zero-order valence-corrected chi connectivity index (χ0v) is 14.9. The molecule has 3 aromatic rings. The minimum atomic E-state index is -0.236. The number of nitrogens with one attached hydrogen (secondary N) is 1. The molecule has 134 valence electrons. The van der Waals surface area contributed by atoms with E-state index in [9.17, 15) is 4.79 Å². The van der Waals surface area contributed by atoms with Crippen molar-refractivity contribution >= 4 is 23.2 Å². The summed E-state index contributed by atoms with van der Waals surface area (Å²) in [5.74, 6) is 1.68. The Labute approximate surface area is 151 Å². The van der Waals surface area contributed by atoms with Gasteiger partial charge in [-0.25, -0.2) is 10.4 Å². The molecule has 0 radical (unpaired) electrons. The summed E-state index contributed by atoms with van der Waals surface area (Å²) in [7, 11) is 5.04. The van der Waals surface area contributed by atoms with Crippen LogP contribution >= 0.6 is 0 Å². The highest BCUT2D eigenvalue weighted by molar-refractivity contribution is 5.84. The van der Waals surface area contributed by atoms with Gasteiger partial charge in [0.1, 0.15) is 5.82 Å². The number of nitrogens with zero attached hydrogens (tertiary/aromatic N) is 3. The van der Waals surface area contributed by atoms with E-state index in [4.69, 9.17) is 9.47 Å². The number of hydrogen-bond donors (Lipinski definition) is 1. The summed E-state index contributed by atoms with van der Waals surface area (Å²) < 4.78 is 12.3. The van der Waals surface area contributed by atoms with Crippen molar-refractivity contribution in [3.05, 3.63) is 53.9 Å². The number of fused-ring (bicyclic) bond motifs is 1. The molecule has 0 saturated heterocycles. The zero-order valence-electron chi connectivity index (χ0n) is 14.9. The summed E-state index contributed by atoms with van der Waals surface area (Å²) >= 11 is 0. The SMILES string of the molecule is COc1ccc(/C=N/NC(=O)Cc2nc3ccccc3n2C)cc1OC. The molecule has 2 aromatic carbocycles. The fourth-order valence-corrected chi connectivity index (χ4v) is 2.65. The van der Waals surface area contributed by atoms with E-state index in [1.54, 1.807) is 32.6 Å². The predicted octanol–water partition coefficient (Wildman–Crippen LogP) is 2.28. The quantitative estimate of drug-likeness (QED) is 0.545. The highest BCUT2D eigenvalue weighted by Crippen LogP contribution is 2.26. The van der Waals surface area contributed by atoms with Gasteiger partial charge in [-0.2, -0.15) is 5.10 Å². The van der Waals surface area contributed by atoms with Gasteiger partial charge in [0.05, 0.1) is 37.9 Å². The number of para-hydroxylation sites is 2. The van der Waals surface area contributed by atoms with E-state index in [1.165, 1.54) is 0 Å². The van der Waals surface area contributed by atoms with Crippen molar-refractivity contribution in [2.45, 2.75) is 6.42 Å². The third-order valence-corrected chi connectivity index (χ3v) is 4.01. The number of imidazole rings is 1. The number of rotatable bonds is 6. The predicted molar refractivity (Wildman–Crippen MR) is 99.7 cm³/mol. The molecule has 0 unspecified atom stereocenters. The molecule has 26 heavy (non-hydrogen) atoms. The third-order valence-electron chi connectivity index (χ3n) is 4.01. The van der Waals surface area contributed by atoms with Crippen molar-refractivity contribution in [2.75, 3.05) is 14.2 Å². The maximum Gasteiger partial charge on any atom is 0.247 e. The Kier molecular flexibility index (Phi) is 5.17. The lowest BCUT2D eigenvalue weighted by atomic mass is 10.2. The highest BCUT2D eigenvalue weighted by Gasteiger charge is 2.11. The molecule has 1 N–H and O–H groups in total. The number of aryl methyl sites for hydroxylation is 1. The van der Waals surface area contributed by atoms with Crippen LogP contribution < -0.4 is 14.9 Å². The average Bonchev–Trinajstić information content (AvgIpc) is 2.97. The normalized spacial score (nSPS) is 11.0. The number of hydrogen-bond acceptors (Lipinski definition) is 5. The molecule has 0 bridgehead atoms. The van der Waals surface area contributed by atoms with Crippen LogP contribution in [-0.2, 0) is 18.3 Å². The lowest BCUT2D eigenvalue weighted by Gasteiger charge is -2.07. The first-order valence-electron chi connectivity index (χ1n) is 8.06. The number of hydrazone groups is 1. The van der Waals surface area contributed by atoms with Crippen molar-refractivity contribution in [3.63, 3.8) is 0 Å². The van der Waals surface area contributed by atoms with Crippen LogP contribution in [0.5, 0.6) is 11.5 Å². The van der Waals surface area contributed by atoms with Crippen LogP contribution in [0.1, 0.15) is 11.4 Å². The van der Waals surface area contributed by atoms with Gasteiger partial charge in [-0.1, -0.05) is 12.1 Å². The van der Waals surface area contributed by atoms with Gasteiger partial charge in [0.25, 0.3) is 0 Å². The van der Waals surface area contributed by atoms with Crippen LogP contribution in [0.2, 0.25) is 0 Å². The molecule has 1 heterocycles. The molecular weight excluding hydrogens is 332 g/mol. The maximum atomic E-state index is 12.1. The van der Waals surface area contributed by atoms with E-state index in [0.29, 0.717) is 17.3 Å². The van der Waals surface area contributed by atoms with Crippen molar-refractivity contribution in [1.82, 2.24) is 15.0 Å². The summed E-state index contributed by atoms with van der Waals surface area (Å²) in [6, 6.07) is 13.1.